The van der Waals surface area contributed by atoms with Crippen LogP contribution in [0.2, 0.25) is 0 Å². The van der Waals surface area contributed by atoms with Gasteiger partial charge in [0.1, 0.15) is 0 Å². The van der Waals surface area contributed by atoms with Gasteiger partial charge in [0.2, 0.25) is 0 Å². The molecule has 1 aromatic heterocycles. The Morgan fingerprint density at radius 2 is 2.00 bits per heavy atom. The lowest BCUT2D eigenvalue weighted by Crippen LogP contribution is -2.51. The van der Waals surface area contributed by atoms with E-state index in [-0.39, 0.29) is 6.61 Å². The van der Waals surface area contributed by atoms with Gasteiger partial charge >= 0.3 is 0 Å². The third-order valence-corrected chi connectivity index (χ3v) is 7.18. The highest BCUT2D eigenvalue weighted by Crippen LogP contribution is 2.45. The van der Waals surface area contributed by atoms with Gasteiger partial charge in [0.25, 0.3) is 0 Å². The average Bonchev–Trinajstić information content (AvgIpc) is 3.18. The van der Waals surface area contributed by atoms with Crippen molar-refractivity contribution in [2.45, 2.75) is 38.7 Å². The molecule has 4 nitrogen and oxygen atoms in total. The number of thiazole rings is 1. The van der Waals surface area contributed by atoms with Crippen LogP contribution < -0.4 is 4.90 Å². The third kappa shape index (κ3) is 3.66. The van der Waals surface area contributed by atoms with Crippen LogP contribution in [0.3, 0.4) is 0 Å². The van der Waals surface area contributed by atoms with E-state index < -0.39 is 0 Å². The Hall–Kier alpha value is -1.43. The van der Waals surface area contributed by atoms with Crippen molar-refractivity contribution in [3.8, 4) is 0 Å². The highest BCUT2D eigenvalue weighted by Gasteiger charge is 2.42. The first-order valence-electron chi connectivity index (χ1n) is 9.79. The molecule has 2 saturated heterocycles. The number of aliphatic hydroxyl groups is 1. The molecule has 26 heavy (non-hydrogen) atoms. The zero-order chi connectivity index (χ0) is 18.0. The maximum Gasteiger partial charge on any atom is 0.185 e. The summed E-state index contributed by atoms with van der Waals surface area (Å²) in [5.74, 6) is 0.650. The van der Waals surface area contributed by atoms with E-state index in [1.807, 2.05) is 5.38 Å². The van der Waals surface area contributed by atoms with Crippen LogP contribution in [-0.2, 0) is 6.61 Å². The number of rotatable bonds is 4. The quantitative estimate of drug-likeness (QED) is 0.889. The van der Waals surface area contributed by atoms with Crippen molar-refractivity contribution in [1.29, 1.82) is 0 Å². The molecule has 1 N–H and O–H groups in total. The maximum atomic E-state index is 9.26. The van der Waals surface area contributed by atoms with Crippen molar-refractivity contribution in [1.82, 2.24) is 9.88 Å². The molecule has 0 radical (unpaired) electrons. The Morgan fingerprint density at radius 1 is 1.23 bits per heavy atom. The fourth-order valence-electron chi connectivity index (χ4n) is 4.74. The second-order valence-electron chi connectivity index (χ2n) is 7.91. The molecule has 5 heteroatoms. The lowest BCUT2D eigenvalue weighted by molar-refractivity contribution is 0.0544. The van der Waals surface area contributed by atoms with E-state index in [0.717, 1.165) is 30.5 Å². The van der Waals surface area contributed by atoms with Crippen LogP contribution in [0, 0.1) is 5.41 Å². The smallest absolute Gasteiger partial charge is 0.185 e. The Balaban J connectivity index is 1.47. The molecule has 2 fully saturated rings. The minimum atomic E-state index is 0.0402. The molecular weight excluding hydrogens is 342 g/mol. The summed E-state index contributed by atoms with van der Waals surface area (Å²) in [6, 6.07) is 11.1. The number of nitrogens with zero attached hydrogens (tertiary/aromatic N) is 3. The Bertz CT molecular complexity index is 709. The highest BCUT2D eigenvalue weighted by molar-refractivity contribution is 7.13. The molecule has 1 aromatic carbocycles. The summed E-state index contributed by atoms with van der Waals surface area (Å²) < 4.78 is 0. The molecule has 0 bridgehead atoms. The SMILES string of the molecule is CCN1CC(c2ccccc2)CC2(CCN(c3nc(CO)cs3)CC2)C1. The zero-order valence-electron chi connectivity index (χ0n) is 15.6. The number of hydrogen-bond donors (Lipinski definition) is 1. The normalized spacial score (nSPS) is 23.5. The Morgan fingerprint density at radius 3 is 2.65 bits per heavy atom. The van der Waals surface area contributed by atoms with Gasteiger partial charge in [-0.3, -0.25) is 0 Å². The van der Waals surface area contributed by atoms with Gasteiger partial charge in [0, 0.05) is 31.6 Å². The van der Waals surface area contributed by atoms with Crippen molar-refractivity contribution in [3.05, 3.63) is 47.0 Å². The molecule has 3 heterocycles. The van der Waals surface area contributed by atoms with Gasteiger partial charge in [0.15, 0.2) is 5.13 Å². The number of piperidine rings is 2. The van der Waals surface area contributed by atoms with Crippen molar-refractivity contribution >= 4 is 16.5 Å². The summed E-state index contributed by atoms with van der Waals surface area (Å²) >= 11 is 1.66. The summed E-state index contributed by atoms with van der Waals surface area (Å²) in [7, 11) is 0. The van der Waals surface area contributed by atoms with Gasteiger partial charge in [-0.15, -0.1) is 11.3 Å². The summed E-state index contributed by atoms with van der Waals surface area (Å²) in [6.07, 6.45) is 3.78. The predicted molar refractivity (Wildman–Crippen MR) is 108 cm³/mol. The molecular formula is C21H29N3OS. The Kier molecular flexibility index (Phi) is 5.30. The van der Waals surface area contributed by atoms with Crippen molar-refractivity contribution in [2.24, 2.45) is 5.41 Å². The molecule has 1 unspecified atom stereocenters. The van der Waals surface area contributed by atoms with E-state index in [0.29, 0.717) is 11.3 Å². The first-order valence-corrected chi connectivity index (χ1v) is 10.7. The summed E-state index contributed by atoms with van der Waals surface area (Å²) in [6.45, 7) is 8.06. The second kappa shape index (κ2) is 7.67. The largest absolute Gasteiger partial charge is 0.390 e. The van der Waals surface area contributed by atoms with Crippen LogP contribution in [0.4, 0.5) is 5.13 Å². The minimum absolute atomic E-state index is 0.0402. The molecule has 0 aliphatic carbocycles. The molecule has 0 saturated carbocycles. The van der Waals surface area contributed by atoms with E-state index in [2.05, 4.69) is 52.0 Å². The maximum absolute atomic E-state index is 9.26. The lowest BCUT2D eigenvalue weighted by atomic mass is 9.68. The van der Waals surface area contributed by atoms with Crippen LogP contribution in [0.15, 0.2) is 35.7 Å². The number of anilines is 1. The third-order valence-electron chi connectivity index (χ3n) is 6.23. The molecule has 1 spiro atoms. The van der Waals surface area contributed by atoms with Crippen LogP contribution in [0.25, 0.3) is 0 Å². The number of aromatic nitrogens is 1. The molecule has 140 valence electrons. The number of benzene rings is 1. The lowest BCUT2D eigenvalue weighted by Gasteiger charge is -2.50. The summed E-state index contributed by atoms with van der Waals surface area (Å²) in [5.41, 5.74) is 2.73. The summed E-state index contributed by atoms with van der Waals surface area (Å²) in [5, 5.41) is 12.3. The average molecular weight is 372 g/mol. The van der Waals surface area contributed by atoms with Gasteiger partial charge in [0.05, 0.1) is 12.3 Å². The van der Waals surface area contributed by atoms with Gasteiger partial charge in [-0.05, 0) is 42.7 Å². The zero-order valence-corrected chi connectivity index (χ0v) is 16.4. The monoisotopic (exact) mass is 371 g/mol. The van der Waals surface area contributed by atoms with Gasteiger partial charge < -0.3 is 14.9 Å². The van der Waals surface area contributed by atoms with Crippen LogP contribution in [-0.4, -0.2) is 47.7 Å². The molecule has 0 amide bonds. The van der Waals surface area contributed by atoms with Crippen molar-refractivity contribution in [3.63, 3.8) is 0 Å². The highest BCUT2D eigenvalue weighted by atomic mass is 32.1. The van der Waals surface area contributed by atoms with E-state index >= 15 is 0 Å². The number of hydrogen-bond acceptors (Lipinski definition) is 5. The first-order chi connectivity index (χ1) is 12.7. The van der Waals surface area contributed by atoms with Crippen molar-refractivity contribution < 1.29 is 5.11 Å². The number of likely N-dealkylation sites (N-methyl/N-ethyl adjacent to an activating group) is 1. The first kappa shape index (κ1) is 18.0. The fourth-order valence-corrected chi connectivity index (χ4v) is 5.61. The molecule has 2 aromatic rings. The van der Waals surface area contributed by atoms with E-state index in [9.17, 15) is 5.11 Å². The summed E-state index contributed by atoms with van der Waals surface area (Å²) in [4.78, 5) is 9.63. The Labute approximate surface area is 160 Å². The van der Waals surface area contributed by atoms with Crippen LogP contribution >= 0.6 is 11.3 Å². The van der Waals surface area contributed by atoms with E-state index in [1.165, 1.54) is 37.9 Å². The number of aliphatic hydroxyl groups excluding tert-OH is 1. The van der Waals surface area contributed by atoms with E-state index in [1.54, 1.807) is 11.3 Å². The standard InChI is InChI=1S/C21H29N3OS/c1-2-23-13-18(17-6-4-3-5-7-17)12-21(16-23)8-10-24(11-9-21)20-22-19(14-25)15-26-20/h3-7,15,18,25H,2,8-14,16H2,1H3. The van der Waals surface area contributed by atoms with Crippen LogP contribution in [0.1, 0.15) is 43.4 Å². The molecule has 4 rings (SSSR count). The van der Waals surface area contributed by atoms with Crippen LogP contribution in [0.5, 0.6) is 0 Å². The van der Waals surface area contributed by atoms with E-state index in [4.69, 9.17) is 0 Å². The van der Waals surface area contributed by atoms with Gasteiger partial charge in [-0.2, -0.15) is 0 Å². The minimum Gasteiger partial charge on any atom is -0.390 e. The number of likely N-dealkylation sites (tertiary alicyclic amines) is 1. The fraction of sp³-hybridized carbons (Fsp3) is 0.571. The van der Waals surface area contributed by atoms with Gasteiger partial charge in [-0.25, -0.2) is 4.98 Å². The molecule has 2 aliphatic heterocycles. The van der Waals surface area contributed by atoms with Gasteiger partial charge in [-0.1, -0.05) is 37.3 Å². The second-order valence-corrected chi connectivity index (χ2v) is 8.74. The predicted octanol–water partition coefficient (Wildman–Crippen LogP) is 3.73. The van der Waals surface area contributed by atoms with Crippen molar-refractivity contribution in [2.75, 3.05) is 37.6 Å². The molecule has 2 aliphatic rings. The molecule has 1 atom stereocenters. The topological polar surface area (TPSA) is 39.6 Å².